The molecule has 3 aromatic carbocycles. The number of nitrogens with zero attached hydrogens (tertiary/aromatic N) is 1. The van der Waals surface area contributed by atoms with Gasteiger partial charge in [0, 0.05) is 12.1 Å². The Labute approximate surface area is 287 Å². The number of hydrogen-bond donors (Lipinski definition) is 5. The molecular weight excluding hydrogens is 625 g/mol. The lowest BCUT2D eigenvalue weighted by Gasteiger charge is -2.25. The van der Waals surface area contributed by atoms with Gasteiger partial charge in [-0.05, 0) is 101 Å². The second kappa shape index (κ2) is 18.5. The summed E-state index contributed by atoms with van der Waals surface area (Å²) in [6, 6.07) is 20.4. The minimum atomic E-state index is -1.14. The fourth-order valence-corrected chi connectivity index (χ4v) is 4.78. The minimum absolute atomic E-state index is 0.0831. The van der Waals surface area contributed by atoms with E-state index >= 15 is 0 Å². The van der Waals surface area contributed by atoms with Crippen molar-refractivity contribution in [3.63, 3.8) is 0 Å². The first-order valence-corrected chi connectivity index (χ1v) is 16.2. The summed E-state index contributed by atoms with van der Waals surface area (Å²) in [4.78, 5) is 39.4. The molecule has 0 unspecified atom stereocenters. The molecule has 0 saturated carbocycles. The summed E-state index contributed by atoms with van der Waals surface area (Å²) in [6.07, 6.45) is 1.51. The molecule has 0 bridgehead atoms. The van der Waals surface area contributed by atoms with Crippen molar-refractivity contribution in [1.29, 1.82) is 5.26 Å². The zero-order chi connectivity index (χ0) is 36.0. The van der Waals surface area contributed by atoms with Crippen molar-refractivity contribution >= 4 is 23.8 Å². The van der Waals surface area contributed by atoms with E-state index in [0.29, 0.717) is 30.7 Å². The number of benzene rings is 3. The van der Waals surface area contributed by atoms with Gasteiger partial charge in [0.25, 0.3) is 5.91 Å². The average molecular weight is 672 g/mol. The first-order valence-electron chi connectivity index (χ1n) is 16.2. The monoisotopic (exact) mass is 671 g/mol. The van der Waals surface area contributed by atoms with Crippen LogP contribution in [0.2, 0.25) is 0 Å². The van der Waals surface area contributed by atoms with Crippen molar-refractivity contribution in [2.24, 2.45) is 0 Å². The van der Waals surface area contributed by atoms with E-state index in [9.17, 15) is 29.1 Å². The third kappa shape index (κ3) is 13.5. The average Bonchev–Trinajstić information content (AvgIpc) is 3.04. The Morgan fingerprint density at radius 2 is 1.71 bits per heavy atom. The quantitative estimate of drug-likeness (QED) is 0.0874. The Kier molecular flexibility index (Phi) is 14.5. The molecule has 0 fully saturated rings. The summed E-state index contributed by atoms with van der Waals surface area (Å²) < 4.78 is 19.5. The number of nitrogens with one attached hydrogen (secondary N) is 4. The Bertz CT molecular complexity index is 1640. The van der Waals surface area contributed by atoms with Crippen LogP contribution in [0.1, 0.15) is 56.4 Å². The van der Waals surface area contributed by atoms with Crippen LogP contribution in [-0.4, -0.2) is 59.7 Å². The topological polar surface area (TPSA) is 153 Å². The van der Waals surface area contributed by atoms with Crippen molar-refractivity contribution in [3.8, 4) is 11.8 Å². The molecule has 0 aliphatic carbocycles. The van der Waals surface area contributed by atoms with Gasteiger partial charge in [-0.25, -0.2) is 4.39 Å². The Balaban J connectivity index is 1.72. The highest BCUT2D eigenvalue weighted by atomic mass is 19.1. The fourth-order valence-electron chi connectivity index (χ4n) is 4.78. The van der Waals surface area contributed by atoms with Crippen molar-refractivity contribution in [1.82, 2.24) is 21.3 Å². The van der Waals surface area contributed by atoms with E-state index in [1.54, 1.807) is 30.3 Å². The van der Waals surface area contributed by atoms with Gasteiger partial charge in [-0.2, -0.15) is 5.26 Å². The second-order valence-electron chi connectivity index (χ2n) is 12.9. The zero-order valence-electron chi connectivity index (χ0n) is 28.7. The number of aliphatic hydroxyl groups excluding tert-OH is 1. The van der Waals surface area contributed by atoms with Crippen molar-refractivity contribution in [2.45, 2.75) is 77.7 Å². The highest BCUT2D eigenvalue weighted by molar-refractivity contribution is 6.02. The molecule has 11 heteroatoms. The highest BCUT2D eigenvalue weighted by Gasteiger charge is 2.29. The third-order valence-corrected chi connectivity index (χ3v) is 7.32. The van der Waals surface area contributed by atoms with Crippen LogP contribution in [0.4, 0.5) is 4.39 Å². The minimum Gasteiger partial charge on any atom is -0.491 e. The summed E-state index contributed by atoms with van der Waals surface area (Å²) in [5, 5.41) is 31.4. The molecule has 10 nitrogen and oxygen atoms in total. The molecule has 0 spiro atoms. The van der Waals surface area contributed by atoms with Crippen LogP contribution in [-0.2, 0) is 27.3 Å². The summed E-state index contributed by atoms with van der Waals surface area (Å²) >= 11 is 0. The molecule has 3 rings (SSSR count). The predicted octanol–water partition coefficient (Wildman–Crippen LogP) is 4.11. The number of amides is 3. The predicted molar refractivity (Wildman–Crippen MR) is 187 cm³/mol. The molecule has 0 heterocycles. The molecule has 0 saturated heterocycles. The van der Waals surface area contributed by atoms with Gasteiger partial charge in [0.2, 0.25) is 11.8 Å². The number of ether oxygens (including phenoxy) is 1. The largest absolute Gasteiger partial charge is 0.491 e. The third-order valence-electron chi connectivity index (χ3n) is 7.32. The Morgan fingerprint density at radius 1 is 1.00 bits per heavy atom. The second-order valence-corrected chi connectivity index (χ2v) is 12.9. The molecule has 49 heavy (non-hydrogen) atoms. The van der Waals surface area contributed by atoms with Gasteiger partial charge in [0.05, 0.1) is 6.10 Å². The highest BCUT2D eigenvalue weighted by Crippen LogP contribution is 2.17. The maximum absolute atomic E-state index is 13.5. The van der Waals surface area contributed by atoms with E-state index in [1.165, 1.54) is 25.1 Å². The summed E-state index contributed by atoms with van der Waals surface area (Å²) in [6.45, 7) is 9.21. The molecule has 0 aliphatic rings. The van der Waals surface area contributed by atoms with Crippen LogP contribution in [0.15, 0.2) is 78.4 Å². The number of nitriles is 1. The van der Waals surface area contributed by atoms with Crippen LogP contribution in [0.5, 0.6) is 5.75 Å². The molecule has 260 valence electrons. The molecule has 5 N–H and O–H groups in total. The number of halogens is 1. The number of carbonyl (C=O) groups excluding carboxylic acids is 3. The van der Waals surface area contributed by atoms with E-state index < -0.39 is 41.4 Å². The molecule has 3 aromatic rings. The van der Waals surface area contributed by atoms with Crippen LogP contribution >= 0.6 is 0 Å². The summed E-state index contributed by atoms with van der Waals surface area (Å²) in [5.41, 5.74) is 2.69. The van der Waals surface area contributed by atoms with Gasteiger partial charge in [-0.15, -0.1) is 0 Å². The lowest BCUT2D eigenvalue weighted by molar-refractivity contribution is -0.132. The number of aliphatic hydroxyl groups is 1. The lowest BCUT2D eigenvalue weighted by atomic mass is 10.1. The molecule has 3 atom stereocenters. The maximum Gasteiger partial charge on any atom is 0.262 e. The Hall–Kier alpha value is -5.05. The zero-order valence-corrected chi connectivity index (χ0v) is 28.7. The standard InChI is InChI=1S/C38H46FN5O5/c1-25-14-16-28(17-15-25)23-42-36(47)33(43-37(48)34(26(2)45)41-18-8-11-27-9-6-12-31(39)20-27)24-49-32-13-7-10-29(21-32)19-30(22-40)35(46)44-38(3,4)5/h6-7,9-10,12-17,19-21,26,33-34,41,45H,8,11,18,23-24H2,1-5H3,(H,42,47)(H,43,48)(H,44,46)/t26-,33+,34+/m1/s1. The summed E-state index contributed by atoms with van der Waals surface area (Å²) in [5.74, 6) is -1.58. The number of carbonyl (C=O) groups is 3. The van der Waals surface area contributed by atoms with E-state index in [1.807, 2.05) is 64.1 Å². The van der Waals surface area contributed by atoms with Gasteiger partial charge in [-0.1, -0.05) is 54.1 Å². The SMILES string of the molecule is Cc1ccc(CNC(=O)[C@H](COc2cccc(C=C(C#N)C(=O)NC(C)(C)C)c2)NC(=O)[C@@H](NCCCc2cccc(F)c2)[C@@H](C)O)cc1. The molecule has 0 aliphatic heterocycles. The van der Waals surface area contributed by atoms with E-state index in [-0.39, 0.29) is 24.5 Å². The normalized spacial score (nSPS) is 13.4. The molecule has 0 radical (unpaired) electrons. The smallest absolute Gasteiger partial charge is 0.262 e. The van der Waals surface area contributed by atoms with Crippen LogP contribution in [0.3, 0.4) is 0 Å². The number of hydrogen-bond acceptors (Lipinski definition) is 7. The van der Waals surface area contributed by atoms with Crippen LogP contribution in [0, 0.1) is 24.1 Å². The van der Waals surface area contributed by atoms with E-state index in [0.717, 1.165) is 16.7 Å². The number of rotatable bonds is 16. The van der Waals surface area contributed by atoms with Crippen LogP contribution < -0.4 is 26.0 Å². The van der Waals surface area contributed by atoms with E-state index in [4.69, 9.17) is 4.74 Å². The van der Waals surface area contributed by atoms with Gasteiger partial charge in [0.15, 0.2) is 0 Å². The summed E-state index contributed by atoms with van der Waals surface area (Å²) in [7, 11) is 0. The molecule has 3 amide bonds. The number of aryl methyl sites for hydroxylation is 2. The fraction of sp³-hybridized carbons (Fsp3) is 0.368. The van der Waals surface area contributed by atoms with Gasteiger partial charge >= 0.3 is 0 Å². The van der Waals surface area contributed by atoms with Crippen LogP contribution in [0.25, 0.3) is 6.08 Å². The van der Waals surface area contributed by atoms with Crippen molar-refractivity contribution in [3.05, 3.63) is 106 Å². The first-order chi connectivity index (χ1) is 23.2. The van der Waals surface area contributed by atoms with Gasteiger partial charge < -0.3 is 31.1 Å². The lowest BCUT2D eigenvalue weighted by Crippen LogP contribution is -2.57. The van der Waals surface area contributed by atoms with E-state index in [2.05, 4.69) is 21.3 Å². The first kappa shape index (κ1) is 38.4. The van der Waals surface area contributed by atoms with Gasteiger partial charge in [0.1, 0.15) is 41.9 Å². The maximum atomic E-state index is 13.5. The molecule has 0 aromatic heterocycles. The van der Waals surface area contributed by atoms with Crippen molar-refractivity contribution < 1.29 is 28.6 Å². The van der Waals surface area contributed by atoms with Gasteiger partial charge in [-0.3, -0.25) is 14.4 Å². The molecular formula is C38H46FN5O5. The van der Waals surface area contributed by atoms with Crippen molar-refractivity contribution in [2.75, 3.05) is 13.2 Å². The Morgan fingerprint density at radius 3 is 2.37 bits per heavy atom.